The monoisotopic (exact) mass is 330 g/mol. The summed E-state index contributed by atoms with van der Waals surface area (Å²) in [7, 11) is 0. The lowest BCUT2D eigenvalue weighted by atomic mass is 10.2. The molecule has 0 bridgehead atoms. The first kappa shape index (κ1) is 14.4. The maximum atomic E-state index is 11.8. The van der Waals surface area contributed by atoms with Gasteiger partial charge in [-0.1, -0.05) is 35.6 Å². The minimum atomic E-state index is -0.636. The number of nitrogens with one attached hydrogen (secondary N) is 2. The summed E-state index contributed by atoms with van der Waals surface area (Å²) in [6, 6.07) is 11.7. The van der Waals surface area contributed by atoms with E-state index in [1.165, 1.54) is 11.3 Å². The number of anilines is 1. The molecule has 0 aliphatic rings. The van der Waals surface area contributed by atoms with E-state index in [-0.39, 0.29) is 0 Å². The summed E-state index contributed by atoms with van der Waals surface area (Å²) in [5.74, 6) is -0.471. The maximum absolute atomic E-state index is 11.8. The third kappa shape index (κ3) is 3.35. The summed E-state index contributed by atoms with van der Waals surface area (Å²) >= 11 is 2.79. The highest BCUT2D eigenvalue weighted by Gasteiger charge is 2.13. The lowest BCUT2D eigenvalue weighted by Crippen LogP contribution is -2.34. The second kappa shape index (κ2) is 6.46. The number of imide groups is 1. The van der Waals surface area contributed by atoms with Gasteiger partial charge in [-0.15, -0.1) is 21.5 Å². The normalized spacial score (nSPS) is 10.2. The van der Waals surface area contributed by atoms with Crippen molar-refractivity contribution in [1.82, 2.24) is 15.5 Å². The predicted molar refractivity (Wildman–Crippen MR) is 86.1 cm³/mol. The average molecular weight is 330 g/mol. The molecule has 0 saturated carbocycles. The Bertz CT molecular complexity index is 784. The number of hydrogen-bond donors (Lipinski definition) is 2. The quantitative estimate of drug-likeness (QED) is 0.772. The fraction of sp³-hybridized carbons (Fsp3) is 0. The number of carbonyl (C=O) groups is 2. The van der Waals surface area contributed by atoms with Gasteiger partial charge in [0, 0.05) is 5.56 Å². The first-order valence-electron chi connectivity index (χ1n) is 6.27. The largest absolute Gasteiger partial charge is 0.328 e. The maximum Gasteiger partial charge on any atom is 0.328 e. The van der Waals surface area contributed by atoms with Gasteiger partial charge in [0.05, 0.1) is 4.88 Å². The van der Waals surface area contributed by atoms with Crippen molar-refractivity contribution in [3.05, 3.63) is 53.4 Å². The van der Waals surface area contributed by atoms with Crippen molar-refractivity contribution in [2.24, 2.45) is 0 Å². The van der Waals surface area contributed by atoms with Crippen LogP contribution in [0.1, 0.15) is 10.4 Å². The number of nitrogens with zero attached hydrogens (tertiary/aromatic N) is 2. The summed E-state index contributed by atoms with van der Waals surface area (Å²) in [6.45, 7) is 0. The van der Waals surface area contributed by atoms with Crippen LogP contribution in [0.5, 0.6) is 0 Å². The Morgan fingerprint density at radius 2 is 1.82 bits per heavy atom. The molecule has 3 aromatic rings. The van der Waals surface area contributed by atoms with Crippen molar-refractivity contribution in [1.29, 1.82) is 0 Å². The van der Waals surface area contributed by atoms with E-state index in [0.717, 1.165) is 9.88 Å². The van der Waals surface area contributed by atoms with E-state index in [4.69, 9.17) is 0 Å². The zero-order valence-electron chi connectivity index (χ0n) is 11.1. The molecule has 0 aliphatic carbocycles. The zero-order chi connectivity index (χ0) is 15.4. The number of thiophene rings is 1. The highest BCUT2D eigenvalue weighted by Crippen LogP contribution is 2.29. The van der Waals surface area contributed by atoms with Crippen molar-refractivity contribution in [2.45, 2.75) is 0 Å². The van der Waals surface area contributed by atoms with Crippen LogP contribution in [0.25, 0.3) is 9.88 Å². The van der Waals surface area contributed by atoms with Gasteiger partial charge in [-0.2, -0.15) is 0 Å². The molecule has 0 saturated heterocycles. The van der Waals surface area contributed by atoms with Gasteiger partial charge < -0.3 is 0 Å². The first-order valence-corrected chi connectivity index (χ1v) is 7.97. The molecule has 6 nitrogen and oxygen atoms in total. The van der Waals surface area contributed by atoms with Crippen LogP contribution in [-0.4, -0.2) is 22.1 Å². The number of benzene rings is 1. The summed E-state index contributed by atoms with van der Waals surface area (Å²) < 4.78 is 0. The van der Waals surface area contributed by atoms with Crippen molar-refractivity contribution in [3.8, 4) is 9.88 Å². The second-order valence-electron chi connectivity index (χ2n) is 4.16. The van der Waals surface area contributed by atoms with Gasteiger partial charge >= 0.3 is 6.03 Å². The molecule has 3 rings (SSSR count). The van der Waals surface area contributed by atoms with E-state index in [1.54, 1.807) is 41.7 Å². The molecule has 0 atom stereocenters. The number of hydrogen-bond acceptors (Lipinski definition) is 6. The van der Waals surface area contributed by atoms with Crippen LogP contribution in [0.2, 0.25) is 0 Å². The third-order valence-corrected chi connectivity index (χ3v) is 4.52. The van der Waals surface area contributed by atoms with E-state index in [0.29, 0.717) is 10.7 Å². The van der Waals surface area contributed by atoms with Crippen molar-refractivity contribution in [3.63, 3.8) is 0 Å². The third-order valence-electron chi connectivity index (χ3n) is 2.64. The molecular formula is C14H10N4O2S2. The molecule has 2 N–H and O–H groups in total. The molecule has 22 heavy (non-hydrogen) atoms. The lowest BCUT2D eigenvalue weighted by Gasteiger charge is -2.03. The van der Waals surface area contributed by atoms with Gasteiger partial charge in [-0.25, -0.2) is 4.79 Å². The van der Waals surface area contributed by atoms with E-state index in [9.17, 15) is 9.59 Å². The minimum Gasteiger partial charge on any atom is -0.282 e. The Balaban J connectivity index is 1.61. The van der Waals surface area contributed by atoms with E-state index in [2.05, 4.69) is 20.8 Å². The van der Waals surface area contributed by atoms with Crippen molar-refractivity contribution < 1.29 is 9.59 Å². The standard InChI is InChI=1S/C14H10N4O2S2/c19-11(9-5-2-1-3-6-9)15-13(20)16-14-18-17-12(22-14)10-7-4-8-21-10/h1-8H,(H2,15,16,18,19,20). The summed E-state index contributed by atoms with van der Waals surface area (Å²) in [5.41, 5.74) is 0.411. The van der Waals surface area contributed by atoms with E-state index >= 15 is 0 Å². The van der Waals surface area contributed by atoms with Crippen LogP contribution in [0.4, 0.5) is 9.93 Å². The molecule has 0 aliphatic heterocycles. The number of amides is 3. The van der Waals surface area contributed by atoms with Gasteiger partial charge in [-0.3, -0.25) is 15.4 Å². The second-order valence-corrected chi connectivity index (χ2v) is 6.09. The SMILES string of the molecule is O=C(NC(=O)c1ccccc1)Nc1nnc(-c2cccs2)s1. The van der Waals surface area contributed by atoms with E-state index < -0.39 is 11.9 Å². The Labute approximate surface area is 133 Å². The molecule has 2 heterocycles. The van der Waals surface area contributed by atoms with Gasteiger partial charge in [0.2, 0.25) is 5.13 Å². The molecule has 2 aromatic heterocycles. The molecule has 8 heteroatoms. The highest BCUT2D eigenvalue weighted by molar-refractivity contribution is 7.23. The average Bonchev–Trinajstić information content (AvgIpc) is 3.19. The molecule has 0 spiro atoms. The molecule has 1 aromatic carbocycles. The number of carbonyl (C=O) groups excluding carboxylic acids is 2. The van der Waals surface area contributed by atoms with Crippen LogP contribution < -0.4 is 10.6 Å². The fourth-order valence-corrected chi connectivity index (χ4v) is 3.20. The molecule has 0 fully saturated rings. The zero-order valence-corrected chi connectivity index (χ0v) is 12.8. The van der Waals surface area contributed by atoms with Crippen molar-refractivity contribution >= 4 is 39.7 Å². The van der Waals surface area contributed by atoms with Gasteiger partial charge in [0.15, 0.2) is 5.01 Å². The van der Waals surface area contributed by atoms with Gasteiger partial charge in [0.25, 0.3) is 5.91 Å². The summed E-state index contributed by atoms with van der Waals surface area (Å²) in [4.78, 5) is 24.6. The Hall–Kier alpha value is -2.58. The molecule has 0 unspecified atom stereocenters. The smallest absolute Gasteiger partial charge is 0.282 e. The summed E-state index contributed by atoms with van der Waals surface area (Å²) in [6.07, 6.45) is 0. The topological polar surface area (TPSA) is 84.0 Å². The Morgan fingerprint density at radius 3 is 2.55 bits per heavy atom. The predicted octanol–water partition coefficient (Wildman–Crippen LogP) is 3.23. The molecule has 0 radical (unpaired) electrons. The van der Waals surface area contributed by atoms with Crippen LogP contribution in [0, 0.1) is 0 Å². The highest BCUT2D eigenvalue weighted by atomic mass is 32.1. The van der Waals surface area contributed by atoms with Crippen LogP contribution in [0.3, 0.4) is 0 Å². The number of rotatable bonds is 3. The van der Waals surface area contributed by atoms with Gasteiger partial charge in [-0.05, 0) is 23.6 Å². The molecule has 110 valence electrons. The number of aromatic nitrogens is 2. The molecular weight excluding hydrogens is 320 g/mol. The minimum absolute atomic E-state index is 0.335. The fourth-order valence-electron chi connectivity index (χ4n) is 1.67. The van der Waals surface area contributed by atoms with Crippen LogP contribution in [-0.2, 0) is 0 Å². The first-order chi connectivity index (χ1) is 10.7. The lowest BCUT2D eigenvalue weighted by molar-refractivity contribution is 0.0967. The van der Waals surface area contributed by atoms with E-state index in [1.807, 2.05) is 17.5 Å². The summed E-state index contributed by atoms with van der Waals surface area (Å²) in [5, 5.41) is 15.6. The Kier molecular flexibility index (Phi) is 4.22. The van der Waals surface area contributed by atoms with Gasteiger partial charge in [0.1, 0.15) is 0 Å². The molecule has 3 amide bonds. The van der Waals surface area contributed by atoms with Crippen LogP contribution >= 0.6 is 22.7 Å². The Morgan fingerprint density at radius 1 is 1.00 bits per heavy atom. The van der Waals surface area contributed by atoms with Crippen molar-refractivity contribution in [2.75, 3.05) is 5.32 Å². The van der Waals surface area contributed by atoms with Crippen LogP contribution in [0.15, 0.2) is 47.8 Å². The number of urea groups is 1.